The fourth-order valence-electron chi connectivity index (χ4n) is 7.38. The SMILES string of the molecule is CC1(C)C(=CC=CC=CC2=[N+](CCCCS(=O)(=O)O)c3ccccc3C2(C)C)N(CCCCS(=O)(=O)O)c2ccc(CC(=O)ON3C(=O)CCC3=O)cc21. The molecule has 2 aromatic rings. The number of imide groups is 1. The lowest BCUT2D eigenvalue weighted by atomic mass is 9.81. The van der Waals surface area contributed by atoms with Gasteiger partial charge in [0.15, 0.2) is 5.71 Å². The van der Waals surface area contributed by atoms with E-state index in [0.29, 0.717) is 43.0 Å². The van der Waals surface area contributed by atoms with Crippen molar-refractivity contribution in [3.63, 3.8) is 0 Å². The van der Waals surface area contributed by atoms with Crippen molar-refractivity contribution in [1.82, 2.24) is 5.06 Å². The van der Waals surface area contributed by atoms with Gasteiger partial charge in [-0.1, -0.05) is 62.4 Å². The van der Waals surface area contributed by atoms with Gasteiger partial charge < -0.3 is 9.74 Å². The molecule has 3 aliphatic heterocycles. The van der Waals surface area contributed by atoms with Crippen LogP contribution in [0.25, 0.3) is 0 Å². The van der Waals surface area contributed by atoms with E-state index in [1.165, 1.54) is 0 Å². The van der Waals surface area contributed by atoms with Crippen molar-refractivity contribution < 1.29 is 49.7 Å². The number of unbranched alkanes of at least 4 members (excludes halogenated alkanes) is 2. The number of rotatable bonds is 16. The zero-order valence-electron chi connectivity index (χ0n) is 31.0. The summed E-state index contributed by atoms with van der Waals surface area (Å²) in [5, 5.41) is 0.534. The summed E-state index contributed by atoms with van der Waals surface area (Å²) < 4.78 is 66.0. The molecule has 0 saturated carbocycles. The van der Waals surface area contributed by atoms with E-state index in [-0.39, 0.29) is 42.6 Å². The first-order valence-electron chi connectivity index (χ1n) is 18.0. The molecule has 54 heavy (non-hydrogen) atoms. The Bertz CT molecular complexity index is 2150. The molecule has 290 valence electrons. The predicted molar refractivity (Wildman–Crippen MR) is 205 cm³/mol. The molecule has 2 N–H and O–H groups in total. The normalized spacial score (nSPS) is 18.8. The van der Waals surface area contributed by atoms with E-state index in [2.05, 4.69) is 49.3 Å². The molecule has 0 unspecified atom stereocenters. The van der Waals surface area contributed by atoms with Gasteiger partial charge in [0.2, 0.25) is 5.69 Å². The largest absolute Gasteiger partial charge is 0.344 e. The summed E-state index contributed by atoms with van der Waals surface area (Å²) in [6, 6.07) is 13.7. The molecule has 1 saturated heterocycles. The highest BCUT2D eigenvalue weighted by molar-refractivity contribution is 7.86. The van der Waals surface area contributed by atoms with Gasteiger partial charge in [0.05, 0.1) is 23.3 Å². The van der Waals surface area contributed by atoms with Crippen LogP contribution in [0.5, 0.6) is 0 Å². The first-order chi connectivity index (χ1) is 25.3. The monoisotopic (exact) mass is 782 g/mol. The first kappa shape index (κ1) is 40.7. The maximum absolute atomic E-state index is 12.7. The number of carbonyl (C=O) groups is 3. The maximum Gasteiger partial charge on any atom is 0.337 e. The third kappa shape index (κ3) is 9.43. The van der Waals surface area contributed by atoms with Crippen LogP contribution in [-0.2, 0) is 56.7 Å². The molecular formula is C39H48N3O10S2+. The predicted octanol–water partition coefficient (Wildman–Crippen LogP) is 5.34. The second-order valence-electron chi connectivity index (χ2n) is 14.8. The van der Waals surface area contributed by atoms with Crippen LogP contribution >= 0.6 is 0 Å². The van der Waals surface area contributed by atoms with Crippen molar-refractivity contribution in [2.24, 2.45) is 0 Å². The Morgan fingerprint density at radius 1 is 0.833 bits per heavy atom. The lowest BCUT2D eigenvalue weighted by Crippen LogP contribution is -2.32. The summed E-state index contributed by atoms with van der Waals surface area (Å²) in [5.41, 5.74) is 5.78. The van der Waals surface area contributed by atoms with Gasteiger partial charge >= 0.3 is 5.97 Å². The Kier molecular flexibility index (Phi) is 12.2. The lowest BCUT2D eigenvalue weighted by molar-refractivity contribution is -0.438. The standard InChI is InChI=1S/C39H47N3O10S2/c1-38(2)29-14-8-9-15-31(29)40(22-10-12-24-53(46,47)48)33(38)16-6-5-7-17-34-39(3,4)30-26-28(27-37(45)52-42-35(43)20-21-36(42)44)18-19-32(30)41(34)23-11-13-25-54(49,50)51/h5-9,14-19,26H,10-13,20-25,27H2,1-4H3,(H-,46,47,48,49,50,51)/p+1. The summed E-state index contributed by atoms with van der Waals surface area (Å²) in [6.45, 7) is 9.45. The number of amides is 2. The summed E-state index contributed by atoms with van der Waals surface area (Å²) in [7, 11) is -8.13. The zero-order chi connectivity index (χ0) is 39.5. The molecule has 0 aromatic heterocycles. The summed E-state index contributed by atoms with van der Waals surface area (Å²) >= 11 is 0. The Labute approximate surface area is 317 Å². The quantitative estimate of drug-likeness (QED) is 0.0738. The smallest absolute Gasteiger partial charge is 0.337 e. The van der Waals surface area contributed by atoms with Crippen LogP contribution in [-0.4, -0.2) is 83.7 Å². The van der Waals surface area contributed by atoms with Gasteiger partial charge in [-0.3, -0.25) is 18.7 Å². The van der Waals surface area contributed by atoms with Crippen LogP contribution in [0.15, 0.2) is 78.5 Å². The van der Waals surface area contributed by atoms with Crippen LogP contribution in [0.2, 0.25) is 0 Å². The van der Waals surface area contributed by atoms with Gasteiger partial charge in [-0.2, -0.15) is 21.4 Å². The summed E-state index contributed by atoms with van der Waals surface area (Å²) in [6.07, 6.45) is 11.4. The number of hydrogen-bond donors (Lipinski definition) is 2. The van der Waals surface area contributed by atoms with E-state index in [0.717, 1.165) is 33.9 Å². The summed E-state index contributed by atoms with van der Waals surface area (Å²) in [4.78, 5) is 43.8. The highest BCUT2D eigenvalue weighted by Crippen LogP contribution is 2.48. The molecule has 5 rings (SSSR count). The van der Waals surface area contributed by atoms with Gasteiger partial charge in [-0.15, -0.1) is 5.06 Å². The highest BCUT2D eigenvalue weighted by Gasteiger charge is 2.44. The minimum atomic E-state index is -4.10. The van der Waals surface area contributed by atoms with Crippen LogP contribution < -0.4 is 4.90 Å². The van der Waals surface area contributed by atoms with Crippen LogP contribution in [0.1, 0.15) is 82.9 Å². The van der Waals surface area contributed by atoms with E-state index >= 15 is 0 Å². The fourth-order valence-corrected chi connectivity index (χ4v) is 8.52. The molecule has 0 radical (unpaired) electrons. The molecule has 2 amide bonds. The average molecular weight is 783 g/mol. The molecule has 15 heteroatoms. The van der Waals surface area contributed by atoms with Gasteiger partial charge in [0.25, 0.3) is 32.1 Å². The van der Waals surface area contributed by atoms with E-state index in [1.807, 2.05) is 54.6 Å². The Morgan fingerprint density at radius 2 is 1.48 bits per heavy atom. The van der Waals surface area contributed by atoms with E-state index in [9.17, 15) is 40.3 Å². The number of benzene rings is 2. The minimum absolute atomic E-state index is 0.00463. The van der Waals surface area contributed by atoms with E-state index in [1.54, 1.807) is 6.07 Å². The molecule has 0 bridgehead atoms. The van der Waals surface area contributed by atoms with Gasteiger partial charge in [-0.25, -0.2) is 4.79 Å². The number of carbonyl (C=O) groups excluding carboxylic acids is 3. The molecule has 0 aliphatic carbocycles. The number of hydrogen-bond acceptors (Lipinski definition) is 9. The number of anilines is 1. The van der Waals surface area contributed by atoms with Crippen LogP contribution in [0, 0.1) is 0 Å². The highest BCUT2D eigenvalue weighted by atomic mass is 32.2. The average Bonchev–Trinajstić information content (AvgIpc) is 3.59. The molecule has 2 aromatic carbocycles. The van der Waals surface area contributed by atoms with Crippen molar-refractivity contribution in [3.8, 4) is 0 Å². The topological polar surface area (TPSA) is 179 Å². The zero-order valence-corrected chi connectivity index (χ0v) is 32.7. The van der Waals surface area contributed by atoms with Crippen LogP contribution in [0.3, 0.4) is 0 Å². The Balaban J connectivity index is 1.39. The van der Waals surface area contributed by atoms with Crippen molar-refractivity contribution in [3.05, 3.63) is 95.2 Å². The molecular weight excluding hydrogens is 735 g/mol. The van der Waals surface area contributed by atoms with Gasteiger partial charge in [-0.05, 0) is 56.4 Å². The van der Waals surface area contributed by atoms with E-state index in [4.69, 9.17) is 4.84 Å². The minimum Gasteiger partial charge on any atom is -0.344 e. The third-order valence-corrected chi connectivity index (χ3v) is 11.7. The van der Waals surface area contributed by atoms with Crippen molar-refractivity contribution >= 4 is 55.1 Å². The number of allylic oxidation sites excluding steroid dienone is 6. The Morgan fingerprint density at radius 3 is 2.15 bits per heavy atom. The second-order valence-corrected chi connectivity index (χ2v) is 18.0. The Hall–Kier alpha value is -4.44. The van der Waals surface area contributed by atoms with Crippen molar-refractivity contribution in [2.75, 3.05) is 29.5 Å². The molecule has 3 aliphatic rings. The molecule has 0 atom stereocenters. The second kappa shape index (κ2) is 16.1. The number of nitrogens with zero attached hydrogens (tertiary/aromatic N) is 3. The first-order valence-corrected chi connectivity index (χ1v) is 21.2. The molecule has 1 fully saturated rings. The molecule has 13 nitrogen and oxygen atoms in total. The molecule has 3 heterocycles. The maximum atomic E-state index is 12.7. The lowest BCUT2D eigenvalue weighted by Gasteiger charge is -2.27. The van der Waals surface area contributed by atoms with Gasteiger partial charge in [0.1, 0.15) is 6.54 Å². The van der Waals surface area contributed by atoms with Crippen molar-refractivity contribution in [2.45, 2.75) is 83.5 Å². The summed E-state index contributed by atoms with van der Waals surface area (Å²) in [5.74, 6) is -2.46. The van der Waals surface area contributed by atoms with Crippen LogP contribution in [0.4, 0.5) is 11.4 Å². The number of hydroxylamine groups is 2. The third-order valence-electron chi connectivity index (χ3n) is 10.1. The number of fused-ring (bicyclic) bond motifs is 2. The van der Waals surface area contributed by atoms with Gasteiger partial charge in [0, 0.05) is 60.3 Å². The van der Waals surface area contributed by atoms with Crippen molar-refractivity contribution in [1.29, 1.82) is 0 Å². The van der Waals surface area contributed by atoms with E-state index < -0.39 is 43.4 Å². The fraction of sp³-hybridized carbons (Fsp3) is 0.436. The number of para-hydroxylation sites is 1. The molecule has 0 spiro atoms.